The second-order valence-corrected chi connectivity index (χ2v) is 5.07. The normalized spacial score (nSPS) is 12.5. The molecule has 0 saturated carbocycles. The maximum Gasteiger partial charge on any atom is 0.323 e. The molecule has 1 heterocycles. The van der Waals surface area contributed by atoms with E-state index in [1.54, 1.807) is 18.2 Å². The summed E-state index contributed by atoms with van der Waals surface area (Å²) in [5.41, 5.74) is 7.62. The van der Waals surface area contributed by atoms with Gasteiger partial charge in [-0.2, -0.15) is 0 Å². The van der Waals surface area contributed by atoms with Crippen molar-refractivity contribution < 1.29 is 18.7 Å². The molecular weight excluding hydrogens is 282 g/mol. The van der Waals surface area contributed by atoms with Crippen LogP contribution in [0.3, 0.4) is 0 Å². The third kappa shape index (κ3) is 2.46. The molecule has 0 saturated heterocycles. The lowest BCUT2D eigenvalue weighted by Crippen LogP contribution is -2.33. The number of para-hydroxylation sites is 1. The number of hydrogen-bond acceptors (Lipinski definition) is 5. The van der Waals surface area contributed by atoms with Gasteiger partial charge in [0.2, 0.25) is 0 Å². The number of ketones is 1. The summed E-state index contributed by atoms with van der Waals surface area (Å²) in [7, 11) is 1.25. The van der Waals surface area contributed by atoms with Crippen molar-refractivity contribution in [2.45, 2.75) is 12.5 Å². The number of ether oxygens (including phenoxy) is 1. The fraction of sp³-hybridized carbons (Fsp3) is 0.176. The molecule has 3 aromatic rings. The summed E-state index contributed by atoms with van der Waals surface area (Å²) >= 11 is 0. The van der Waals surface area contributed by atoms with Crippen molar-refractivity contribution in [3.8, 4) is 0 Å². The lowest BCUT2D eigenvalue weighted by molar-refractivity contribution is -0.142. The molecule has 3 rings (SSSR count). The first kappa shape index (κ1) is 14.3. The fourth-order valence-electron chi connectivity index (χ4n) is 2.45. The molecule has 1 aromatic heterocycles. The van der Waals surface area contributed by atoms with E-state index < -0.39 is 12.0 Å². The monoisotopic (exact) mass is 297 g/mol. The highest BCUT2D eigenvalue weighted by molar-refractivity contribution is 6.09. The first-order valence-corrected chi connectivity index (χ1v) is 6.88. The molecule has 0 bridgehead atoms. The second kappa shape index (κ2) is 5.61. The van der Waals surface area contributed by atoms with Gasteiger partial charge >= 0.3 is 5.97 Å². The zero-order valence-electron chi connectivity index (χ0n) is 12.0. The van der Waals surface area contributed by atoms with Crippen LogP contribution in [0.15, 0.2) is 46.9 Å². The molecular formula is C17H15NO4. The van der Waals surface area contributed by atoms with E-state index in [0.717, 1.165) is 21.9 Å². The molecule has 1 atom stereocenters. The van der Waals surface area contributed by atoms with Crippen LogP contribution in [0, 0.1) is 0 Å². The van der Waals surface area contributed by atoms with Crippen LogP contribution >= 0.6 is 0 Å². The summed E-state index contributed by atoms with van der Waals surface area (Å²) in [6, 6.07) is 11.9. The van der Waals surface area contributed by atoms with Crippen LogP contribution in [0.5, 0.6) is 0 Å². The molecule has 0 aliphatic heterocycles. The number of hydrogen-bond donors (Lipinski definition) is 1. The summed E-state index contributed by atoms with van der Waals surface area (Å²) in [5, 5.41) is 1.82. The van der Waals surface area contributed by atoms with Crippen LogP contribution in [-0.4, -0.2) is 24.9 Å². The summed E-state index contributed by atoms with van der Waals surface area (Å²) in [5.74, 6) is -0.798. The van der Waals surface area contributed by atoms with Crippen LogP contribution in [0.2, 0.25) is 0 Å². The van der Waals surface area contributed by atoms with Crippen molar-refractivity contribution in [1.29, 1.82) is 0 Å². The Hall–Kier alpha value is -2.66. The predicted molar refractivity (Wildman–Crippen MR) is 82.7 cm³/mol. The Balaban J connectivity index is 1.96. The topological polar surface area (TPSA) is 82.5 Å². The Bertz CT molecular complexity index is 865. The number of methoxy groups -OCH3 is 1. The number of carbonyl (C=O) groups excluding carboxylic acids is 2. The standard InChI is InChI=1S/C17H15NO4/c1-21-17(20)13(18)9-14(19)10-6-7-16-12(8-10)11-4-2-3-5-15(11)22-16/h2-8,13H,9,18H2,1H3. The van der Waals surface area contributed by atoms with Crippen LogP contribution < -0.4 is 5.73 Å². The number of fused-ring (bicyclic) bond motifs is 3. The van der Waals surface area contributed by atoms with Crippen LogP contribution in [0.1, 0.15) is 16.8 Å². The zero-order chi connectivity index (χ0) is 15.7. The Morgan fingerprint density at radius 3 is 2.64 bits per heavy atom. The Labute approximate surface area is 126 Å². The molecule has 2 aromatic carbocycles. The molecule has 5 nitrogen and oxygen atoms in total. The third-order valence-corrected chi connectivity index (χ3v) is 3.61. The lowest BCUT2D eigenvalue weighted by atomic mass is 10.0. The molecule has 5 heteroatoms. The summed E-state index contributed by atoms with van der Waals surface area (Å²) < 4.78 is 10.2. The van der Waals surface area contributed by atoms with Gasteiger partial charge in [-0.25, -0.2) is 0 Å². The van der Waals surface area contributed by atoms with Crippen molar-refractivity contribution in [3.63, 3.8) is 0 Å². The minimum Gasteiger partial charge on any atom is -0.468 e. The smallest absolute Gasteiger partial charge is 0.323 e. The average molecular weight is 297 g/mol. The molecule has 112 valence electrons. The van der Waals surface area contributed by atoms with Gasteiger partial charge in [0.1, 0.15) is 17.2 Å². The maximum absolute atomic E-state index is 12.3. The Kier molecular flexibility index (Phi) is 3.65. The van der Waals surface area contributed by atoms with E-state index in [-0.39, 0.29) is 12.2 Å². The van der Waals surface area contributed by atoms with Gasteiger partial charge < -0.3 is 14.9 Å². The van der Waals surface area contributed by atoms with Gasteiger partial charge in [-0.15, -0.1) is 0 Å². The van der Waals surface area contributed by atoms with Crippen molar-refractivity contribution in [2.24, 2.45) is 5.73 Å². The molecule has 1 unspecified atom stereocenters. The van der Waals surface area contributed by atoms with Gasteiger partial charge in [0.05, 0.1) is 7.11 Å². The van der Waals surface area contributed by atoms with E-state index in [0.29, 0.717) is 5.56 Å². The fourth-order valence-corrected chi connectivity index (χ4v) is 2.45. The highest BCUT2D eigenvalue weighted by atomic mass is 16.5. The Morgan fingerprint density at radius 1 is 1.14 bits per heavy atom. The van der Waals surface area contributed by atoms with E-state index in [1.807, 2.05) is 24.3 Å². The highest BCUT2D eigenvalue weighted by Crippen LogP contribution is 2.29. The van der Waals surface area contributed by atoms with E-state index >= 15 is 0 Å². The van der Waals surface area contributed by atoms with Crippen molar-refractivity contribution >= 4 is 33.7 Å². The zero-order valence-corrected chi connectivity index (χ0v) is 12.0. The minimum atomic E-state index is -0.950. The third-order valence-electron chi connectivity index (χ3n) is 3.61. The number of nitrogens with two attached hydrogens (primary N) is 1. The number of rotatable bonds is 4. The van der Waals surface area contributed by atoms with Crippen LogP contribution in [-0.2, 0) is 9.53 Å². The molecule has 0 aliphatic rings. The van der Waals surface area contributed by atoms with Gasteiger partial charge in [0.25, 0.3) is 0 Å². The highest BCUT2D eigenvalue weighted by Gasteiger charge is 2.19. The molecule has 0 aliphatic carbocycles. The van der Waals surface area contributed by atoms with Crippen molar-refractivity contribution in [1.82, 2.24) is 0 Å². The molecule has 0 fully saturated rings. The molecule has 0 radical (unpaired) electrons. The molecule has 0 spiro atoms. The van der Waals surface area contributed by atoms with E-state index in [1.165, 1.54) is 7.11 Å². The second-order valence-electron chi connectivity index (χ2n) is 5.07. The van der Waals surface area contributed by atoms with Gasteiger partial charge in [0, 0.05) is 22.8 Å². The van der Waals surface area contributed by atoms with Gasteiger partial charge in [-0.05, 0) is 24.3 Å². The van der Waals surface area contributed by atoms with Gasteiger partial charge in [-0.3, -0.25) is 9.59 Å². The average Bonchev–Trinajstić information content (AvgIpc) is 2.91. The predicted octanol–water partition coefficient (Wildman–Crippen LogP) is 2.66. The number of benzene rings is 2. The first-order chi connectivity index (χ1) is 10.6. The largest absolute Gasteiger partial charge is 0.468 e. The van der Waals surface area contributed by atoms with E-state index in [4.69, 9.17) is 10.2 Å². The number of esters is 1. The van der Waals surface area contributed by atoms with E-state index in [2.05, 4.69) is 4.74 Å². The molecule has 0 amide bonds. The minimum absolute atomic E-state index is 0.0893. The van der Waals surface area contributed by atoms with Crippen LogP contribution in [0.4, 0.5) is 0 Å². The van der Waals surface area contributed by atoms with E-state index in [9.17, 15) is 9.59 Å². The SMILES string of the molecule is COC(=O)C(N)CC(=O)c1ccc2oc3ccccc3c2c1. The van der Waals surface area contributed by atoms with Gasteiger partial charge in [-0.1, -0.05) is 18.2 Å². The van der Waals surface area contributed by atoms with Crippen molar-refractivity contribution in [2.75, 3.05) is 7.11 Å². The summed E-state index contributed by atoms with van der Waals surface area (Å²) in [4.78, 5) is 23.6. The number of furan rings is 1. The summed E-state index contributed by atoms with van der Waals surface area (Å²) in [6.45, 7) is 0. The number of carbonyl (C=O) groups is 2. The quantitative estimate of drug-likeness (QED) is 0.591. The van der Waals surface area contributed by atoms with Crippen LogP contribution in [0.25, 0.3) is 21.9 Å². The first-order valence-electron chi connectivity index (χ1n) is 6.88. The number of Topliss-reactive ketones (excluding diaryl/α,β-unsaturated/α-hetero) is 1. The molecule has 2 N–H and O–H groups in total. The lowest BCUT2D eigenvalue weighted by Gasteiger charge is -2.08. The molecule has 22 heavy (non-hydrogen) atoms. The van der Waals surface area contributed by atoms with Gasteiger partial charge in [0.15, 0.2) is 5.78 Å². The van der Waals surface area contributed by atoms with Crippen molar-refractivity contribution in [3.05, 3.63) is 48.0 Å². The maximum atomic E-state index is 12.3. The summed E-state index contributed by atoms with van der Waals surface area (Å²) in [6.07, 6.45) is -0.0893. The Morgan fingerprint density at radius 2 is 1.86 bits per heavy atom.